The molecule has 0 fully saturated rings. The van der Waals surface area contributed by atoms with E-state index in [1.165, 1.54) is 42.4 Å². The van der Waals surface area contributed by atoms with Gasteiger partial charge in [0.25, 0.3) is 0 Å². The number of rotatable bonds is 6. The Bertz CT molecular complexity index is 328. The fraction of sp³-hybridized carbons (Fsp3) is 0.625. The summed E-state index contributed by atoms with van der Waals surface area (Å²) in [5.41, 5.74) is 10.5. The van der Waals surface area contributed by atoms with Gasteiger partial charge >= 0.3 is 0 Å². The average molecular weight is 233 g/mol. The summed E-state index contributed by atoms with van der Waals surface area (Å²) < 4.78 is 0. The van der Waals surface area contributed by atoms with E-state index in [-0.39, 0.29) is 5.41 Å². The van der Waals surface area contributed by atoms with Crippen molar-refractivity contribution < 1.29 is 0 Å². The van der Waals surface area contributed by atoms with Gasteiger partial charge in [-0.2, -0.15) is 0 Å². The zero-order valence-electron chi connectivity index (χ0n) is 11.8. The fourth-order valence-electron chi connectivity index (χ4n) is 2.97. The second-order valence-electron chi connectivity index (χ2n) is 5.36. The Morgan fingerprint density at radius 1 is 0.941 bits per heavy atom. The van der Waals surface area contributed by atoms with Crippen LogP contribution < -0.4 is 5.73 Å². The second kappa shape index (κ2) is 6.20. The van der Waals surface area contributed by atoms with Crippen molar-refractivity contribution in [2.75, 3.05) is 6.54 Å². The largest absolute Gasteiger partial charge is 0.330 e. The minimum Gasteiger partial charge on any atom is -0.330 e. The quantitative estimate of drug-likeness (QED) is 0.786. The molecule has 1 aromatic carbocycles. The first-order valence-electron chi connectivity index (χ1n) is 6.87. The van der Waals surface area contributed by atoms with E-state index < -0.39 is 0 Å². The minimum absolute atomic E-state index is 0.195. The van der Waals surface area contributed by atoms with Crippen LogP contribution in [0.25, 0.3) is 0 Å². The Hall–Kier alpha value is -0.820. The number of hydrogen-bond donors (Lipinski definition) is 1. The zero-order chi connectivity index (χ0) is 12.9. The molecule has 2 N–H and O–H groups in total. The molecule has 0 spiro atoms. The van der Waals surface area contributed by atoms with Crippen LogP contribution in [0.4, 0.5) is 0 Å². The summed E-state index contributed by atoms with van der Waals surface area (Å²) in [7, 11) is 0. The summed E-state index contributed by atoms with van der Waals surface area (Å²) in [5.74, 6) is 0. The summed E-state index contributed by atoms with van der Waals surface area (Å²) in [6.07, 6.45) is 4.79. The van der Waals surface area contributed by atoms with Gasteiger partial charge in [0.05, 0.1) is 0 Å². The first kappa shape index (κ1) is 14.2. The minimum atomic E-state index is 0.195. The molecule has 0 unspecified atom stereocenters. The van der Waals surface area contributed by atoms with E-state index in [1.807, 2.05) is 0 Å². The van der Waals surface area contributed by atoms with Crippen molar-refractivity contribution in [1.82, 2.24) is 0 Å². The molecule has 0 aliphatic heterocycles. The molecule has 0 amide bonds. The molecule has 0 atom stereocenters. The van der Waals surface area contributed by atoms with Gasteiger partial charge in [0.15, 0.2) is 0 Å². The third-order valence-electron chi connectivity index (χ3n) is 3.68. The number of aryl methyl sites for hydroxylation is 2. The van der Waals surface area contributed by atoms with Gasteiger partial charge in [-0.05, 0) is 32.3 Å². The molecule has 1 aromatic rings. The van der Waals surface area contributed by atoms with Crippen LogP contribution in [0.15, 0.2) is 18.2 Å². The van der Waals surface area contributed by atoms with Crippen LogP contribution in [0.2, 0.25) is 0 Å². The first-order chi connectivity index (χ1) is 8.07. The van der Waals surface area contributed by atoms with Gasteiger partial charge in [-0.15, -0.1) is 0 Å². The molecule has 1 heteroatoms. The molecule has 0 bridgehead atoms. The summed E-state index contributed by atoms with van der Waals surface area (Å²) in [4.78, 5) is 0. The van der Waals surface area contributed by atoms with Crippen LogP contribution in [-0.2, 0) is 5.41 Å². The Morgan fingerprint density at radius 2 is 1.41 bits per heavy atom. The van der Waals surface area contributed by atoms with Crippen molar-refractivity contribution in [3.63, 3.8) is 0 Å². The summed E-state index contributed by atoms with van der Waals surface area (Å²) >= 11 is 0. The molecule has 0 aromatic heterocycles. The molecular formula is C16H27N. The standard InChI is InChI=1S/C16H27N/c1-5-7-16(12-17,8-6-2)15-10-13(3)9-14(4)11-15/h9-11H,5-8,12,17H2,1-4H3. The van der Waals surface area contributed by atoms with E-state index in [1.54, 1.807) is 0 Å². The molecule has 96 valence electrons. The van der Waals surface area contributed by atoms with Gasteiger partial charge in [0, 0.05) is 12.0 Å². The van der Waals surface area contributed by atoms with Crippen molar-refractivity contribution in [2.45, 2.75) is 58.8 Å². The first-order valence-corrected chi connectivity index (χ1v) is 6.87. The SMILES string of the molecule is CCCC(CN)(CCC)c1cc(C)cc(C)c1. The summed E-state index contributed by atoms with van der Waals surface area (Å²) in [6, 6.07) is 6.89. The van der Waals surface area contributed by atoms with Crippen molar-refractivity contribution >= 4 is 0 Å². The summed E-state index contributed by atoms with van der Waals surface area (Å²) in [5, 5.41) is 0. The van der Waals surface area contributed by atoms with Crippen LogP contribution >= 0.6 is 0 Å². The van der Waals surface area contributed by atoms with Crippen LogP contribution in [-0.4, -0.2) is 6.54 Å². The molecule has 0 aliphatic rings. The monoisotopic (exact) mass is 233 g/mol. The average Bonchev–Trinajstić information content (AvgIpc) is 2.27. The van der Waals surface area contributed by atoms with E-state index in [0.29, 0.717) is 0 Å². The second-order valence-corrected chi connectivity index (χ2v) is 5.36. The fourth-order valence-corrected chi connectivity index (χ4v) is 2.97. The van der Waals surface area contributed by atoms with Crippen LogP contribution in [0.5, 0.6) is 0 Å². The smallest absolute Gasteiger partial charge is 0.00755 e. The van der Waals surface area contributed by atoms with E-state index in [0.717, 1.165) is 6.54 Å². The number of benzene rings is 1. The third-order valence-corrected chi connectivity index (χ3v) is 3.68. The number of nitrogens with two attached hydrogens (primary N) is 1. The van der Waals surface area contributed by atoms with Gasteiger partial charge in [0.1, 0.15) is 0 Å². The van der Waals surface area contributed by atoms with E-state index >= 15 is 0 Å². The van der Waals surface area contributed by atoms with Gasteiger partial charge in [0.2, 0.25) is 0 Å². The van der Waals surface area contributed by atoms with E-state index in [9.17, 15) is 0 Å². The molecular weight excluding hydrogens is 206 g/mol. The maximum absolute atomic E-state index is 6.11. The lowest BCUT2D eigenvalue weighted by Gasteiger charge is -2.33. The predicted molar refractivity (Wildman–Crippen MR) is 76.5 cm³/mol. The molecule has 1 nitrogen and oxygen atoms in total. The van der Waals surface area contributed by atoms with Gasteiger partial charge < -0.3 is 5.73 Å². The molecule has 1 rings (SSSR count). The van der Waals surface area contributed by atoms with Crippen molar-refractivity contribution in [1.29, 1.82) is 0 Å². The third kappa shape index (κ3) is 3.32. The maximum atomic E-state index is 6.11. The lowest BCUT2D eigenvalue weighted by Crippen LogP contribution is -2.35. The maximum Gasteiger partial charge on any atom is 0.00755 e. The highest BCUT2D eigenvalue weighted by Crippen LogP contribution is 2.34. The molecule has 0 saturated heterocycles. The van der Waals surface area contributed by atoms with Crippen molar-refractivity contribution in [3.8, 4) is 0 Å². The highest BCUT2D eigenvalue weighted by Gasteiger charge is 2.29. The highest BCUT2D eigenvalue weighted by molar-refractivity contribution is 5.34. The normalized spacial score (nSPS) is 11.8. The topological polar surface area (TPSA) is 26.0 Å². The van der Waals surface area contributed by atoms with Crippen LogP contribution in [0.1, 0.15) is 56.2 Å². The molecule has 0 heterocycles. The Labute approximate surface area is 106 Å². The van der Waals surface area contributed by atoms with E-state index in [4.69, 9.17) is 5.73 Å². The van der Waals surface area contributed by atoms with Gasteiger partial charge in [-0.1, -0.05) is 56.0 Å². The van der Waals surface area contributed by atoms with Gasteiger partial charge in [-0.25, -0.2) is 0 Å². The Morgan fingerprint density at radius 3 is 1.76 bits per heavy atom. The zero-order valence-corrected chi connectivity index (χ0v) is 11.8. The van der Waals surface area contributed by atoms with Gasteiger partial charge in [-0.3, -0.25) is 0 Å². The van der Waals surface area contributed by atoms with Crippen molar-refractivity contribution in [2.24, 2.45) is 5.73 Å². The number of hydrogen-bond acceptors (Lipinski definition) is 1. The Balaban J connectivity index is 3.18. The van der Waals surface area contributed by atoms with E-state index in [2.05, 4.69) is 45.9 Å². The Kier molecular flexibility index (Phi) is 5.20. The highest BCUT2D eigenvalue weighted by atomic mass is 14.6. The lowest BCUT2D eigenvalue weighted by atomic mass is 9.73. The summed E-state index contributed by atoms with van der Waals surface area (Å²) in [6.45, 7) is 9.62. The molecule has 0 radical (unpaired) electrons. The molecule has 0 aliphatic carbocycles. The van der Waals surface area contributed by atoms with Crippen molar-refractivity contribution in [3.05, 3.63) is 34.9 Å². The van der Waals surface area contributed by atoms with Crippen LogP contribution in [0.3, 0.4) is 0 Å². The molecule has 0 saturated carbocycles. The van der Waals surface area contributed by atoms with Crippen LogP contribution in [0, 0.1) is 13.8 Å². The lowest BCUT2D eigenvalue weighted by molar-refractivity contribution is 0.365. The molecule has 17 heavy (non-hydrogen) atoms. The predicted octanol–water partition coefficient (Wildman–Crippen LogP) is 4.10.